The molecule has 2 fully saturated rings. The second-order valence-corrected chi connectivity index (χ2v) is 8.61. The number of hydrogen-bond donors (Lipinski definition) is 2. The molecule has 1 aromatic carbocycles. The molecule has 3 N–H and O–H groups in total. The fourth-order valence-electron chi connectivity index (χ4n) is 4.44. The normalized spacial score (nSPS) is 27.8. The Bertz CT molecular complexity index is 819. The van der Waals surface area contributed by atoms with Crippen LogP contribution in [0.15, 0.2) is 18.2 Å². The molecule has 3 aliphatic heterocycles. The highest BCUT2D eigenvalue weighted by Gasteiger charge is 2.41. The molecule has 0 radical (unpaired) electrons. The monoisotopic (exact) mass is 370 g/mol. The zero-order valence-electron chi connectivity index (χ0n) is 15.8. The number of likely N-dealkylation sites (tertiary alicyclic amines) is 1. The van der Waals surface area contributed by atoms with Crippen molar-refractivity contribution in [3.63, 3.8) is 0 Å². The first-order valence-corrected chi connectivity index (χ1v) is 9.49. The van der Waals surface area contributed by atoms with Gasteiger partial charge in [0.1, 0.15) is 6.04 Å². The Labute approximate surface area is 158 Å². The maximum atomic E-state index is 12.9. The Morgan fingerprint density at radius 1 is 1.26 bits per heavy atom. The molecular formula is C20H26N4O3. The van der Waals surface area contributed by atoms with Gasteiger partial charge in [-0.3, -0.25) is 24.6 Å². The van der Waals surface area contributed by atoms with Crippen LogP contribution in [0.5, 0.6) is 0 Å². The first kappa shape index (κ1) is 18.1. The van der Waals surface area contributed by atoms with Gasteiger partial charge >= 0.3 is 0 Å². The van der Waals surface area contributed by atoms with E-state index in [1.165, 1.54) is 0 Å². The summed E-state index contributed by atoms with van der Waals surface area (Å²) in [6, 6.07) is 5.34. The summed E-state index contributed by atoms with van der Waals surface area (Å²) in [6.07, 6.45) is 0.652. The first-order valence-electron chi connectivity index (χ1n) is 9.49. The molecule has 0 aromatic heterocycles. The molecule has 0 aliphatic carbocycles. The second kappa shape index (κ2) is 6.42. The molecule has 0 bridgehead atoms. The third kappa shape index (κ3) is 3.15. The van der Waals surface area contributed by atoms with Crippen LogP contribution in [0.3, 0.4) is 0 Å². The molecular weight excluding hydrogens is 344 g/mol. The Balaban J connectivity index is 1.55. The van der Waals surface area contributed by atoms with Gasteiger partial charge in [-0.1, -0.05) is 26.0 Å². The van der Waals surface area contributed by atoms with Crippen molar-refractivity contribution in [1.82, 2.24) is 15.1 Å². The number of nitrogens with one attached hydrogen (secondary N) is 1. The average Bonchev–Trinajstić information content (AvgIpc) is 3.05. The zero-order valence-corrected chi connectivity index (χ0v) is 15.8. The lowest BCUT2D eigenvalue weighted by Gasteiger charge is -2.29. The number of benzene rings is 1. The lowest BCUT2D eigenvalue weighted by molar-refractivity contribution is -0.136. The molecule has 7 nitrogen and oxygen atoms in total. The highest BCUT2D eigenvalue weighted by atomic mass is 16.2. The molecule has 27 heavy (non-hydrogen) atoms. The number of imide groups is 1. The van der Waals surface area contributed by atoms with Gasteiger partial charge in [0.05, 0.1) is 0 Å². The molecule has 1 aromatic rings. The smallest absolute Gasteiger partial charge is 0.255 e. The minimum Gasteiger partial charge on any atom is -0.326 e. The van der Waals surface area contributed by atoms with Gasteiger partial charge < -0.3 is 10.6 Å². The summed E-state index contributed by atoms with van der Waals surface area (Å²) in [7, 11) is 0. The van der Waals surface area contributed by atoms with Crippen LogP contribution in [-0.2, 0) is 22.7 Å². The van der Waals surface area contributed by atoms with Gasteiger partial charge in [0.2, 0.25) is 11.8 Å². The number of rotatable bonds is 3. The third-order valence-electron chi connectivity index (χ3n) is 6.16. The van der Waals surface area contributed by atoms with Crippen LogP contribution in [0.2, 0.25) is 0 Å². The van der Waals surface area contributed by atoms with E-state index < -0.39 is 6.04 Å². The summed E-state index contributed by atoms with van der Waals surface area (Å²) in [5, 5.41) is 2.35. The van der Waals surface area contributed by atoms with E-state index in [2.05, 4.69) is 30.1 Å². The molecule has 2 atom stereocenters. The summed E-state index contributed by atoms with van der Waals surface area (Å²) in [6.45, 7) is 7.28. The molecule has 2 saturated heterocycles. The molecule has 4 rings (SSSR count). The fraction of sp³-hybridized carbons (Fsp3) is 0.550. The van der Waals surface area contributed by atoms with Crippen molar-refractivity contribution in [3.8, 4) is 0 Å². The van der Waals surface area contributed by atoms with Crippen molar-refractivity contribution < 1.29 is 14.4 Å². The Kier molecular flexibility index (Phi) is 4.31. The van der Waals surface area contributed by atoms with Crippen LogP contribution >= 0.6 is 0 Å². The summed E-state index contributed by atoms with van der Waals surface area (Å²) in [4.78, 5) is 40.5. The largest absolute Gasteiger partial charge is 0.326 e. The predicted molar refractivity (Wildman–Crippen MR) is 99.5 cm³/mol. The molecule has 3 amide bonds. The number of piperidine rings is 1. The summed E-state index contributed by atoms with van der Waals surface area (Å²) in [5.41, 5.74) is 9.11. The number of fused-ring (bicyclic) bond motifs is 1. The van der Waals surface area contributed by atoms with E-state index in [0.29, 0.717) is 18.5 Å². The van der Waals surface area contributed by atoms with Crippen LogP contribution in [-0.4, -0.2) is 52.7 Å². The van der Waals surface area contributed by atoms with Crippen molar-refractivity contribution in [2.24, 2.45) is 11.1 Å². The minimum absolute atomic E-state index is 0.0759. The standard InChI is InChI=1S/C20H26N4O3/c1-20(2)11-23(10-16(20)21)8-12-4-3-5-13-14(12)9-24(19(13)27)15-6-7-17(25)22-18(15)26/h3-5,15-16H,6-11,21H2,1-2H3,(H,22,25,26). The summed E-state index contributed by atoms with van der Waals surface area (Å²) in [5.74, 6) is -0.768. The first-order chi connectivity index (χ1) is 12.8. The van der Waals surface area contributed by atoms with E-state index in [9.17, 15) is 14.4 Å². The topological polar surface area (TPSA) is 95.7 Å². The lowest BCUT2D eigenvalue weighted by Crippen LogP contribution is -2.52. The molecule has 3 heterocycles. The second-order valence-electron chi connectivity index (χ2n) is 8.61. The van der Waals surface area contributed by atoms with E-state index >= 15 is 0 Å². The van der Waals surface area contributed by atoms with Gasteiger partial charge in [-0.15, -0.1) is 0 Å². The van der Waals surface area contributed by atoms with Crippen molar-refractivity contribution >= 4 is 17.7 Å². The highest BCUT2D eigenvalue weighted by Crippen LogP contribution is 2.33. The van der Waals surface area contributed by atoms with Crippen LogP contribution in [0.25, 0.3) is 0 Å². The lowest BCUT2D eigenvalue weighted by atomic mass is 9.89. The van der Waals surface area contributed by atoms with E-state index in [-0.39, 0.29) is 35.6 Å². The highest BCUT2D eigenvalue weighted by molar-refractivity contribution is 6.05. The number of nitrogens with zero attached hydrogens (tertiary/aromatic N) is 2. The Morgan fingerprint density at radius 2 is 2.04 bits per heavy atom. The van der Waals surface area contributed by atoms with Gasteiger partial charge in [-0.2, -0.15) is 0 Å². The molecule has 3 aliphatic rings. The predicted octanol–water partition coefficient (Wildman–Crippen LogP) is 0.617. The quantitative estimate of drug-likeness (QED) is 0.761. The van der Waals surface area contributed by atoms with Crippen molar-refractivity contribution in [2.75, 3.05) is 13.1 Å². The number of hydrogen-bond acceptors (Lipinski definition) is 5. The molecule has 7 heteroatoms. The van der Waals surface area contributed by atoms with Crippen LogP contribution in [0.4, 0.5) is 0 Å². The van der Waals surface area contributed by atoms with Gasteiger partial charge in [0.15, 0.2) is 0 Å². The van der Waals surface area contributed by atoms with E-state index in [0.717, 1.165) is 30.8 Å². The Hall–Kier alpha value is -2.25. The van der Waals surface area contributed by atoms with E-state index in [1.807, 2.05) is 12.1 Å². The number of carbonyl (C=O) groups excluding carboxylic acids is 3. The van der Waals surface area contributed by atoms with Crippen molar-refractivity contribution in [2.45, 2.75) is 51.9 Å². The molecule has 0 spiro atoms. The molecule has 2 unspecified atom stereocenters. The maximum absolute atomic E-state index is 12.9. The van der Waals surface area contributed by atoms with Crippen molar-refractivity contribution in [1.29, 1.82) is 0 Å². The molecule has 0 saturated carbocycles. The fourth-order valence-corrected chi connectivity index (χ4v) is 4.44. The minimum atomic E-state index is -0.574. The van der Waals surface area contributed by atoms with Crippen LogP contribution in [0, 0.1) is 5.41 Å². The van der Waals surface area contributed by atoms with Gasteiger partial charge in [0, 0.05) is 44.2 Å². The Morgan fingerprint density at radius 3 is 2.70 bits per heavy atom. The summed E-state index contributed by atoms with van der Waals surface area (Å²) >= 11 is 0. The number of amides is 3. The SMILES string of the molecule is CC1(C)CN(Cc2cccc3c2CN(C2CCC(=O)NC2=O)C3=O)CC1N. The number of carbonyl (C=O) groups is 3. The third-order valence-corrected chi connectivity index (χ3v) is 6.16. The van der Waals surface area contributed by atoms with Crippen LogP contribution < -0.4 is 11.1 Å². The van der Waals surface area contributed by atoms with E-state index in [4.69, 9.17) is 5.73 Å². The van der Waals surface area contributed by atoms with E-state index in [1.54, 1.807) is 4.90 Å². The number of nitrogens with two attached hydrogens (primary N) is 1. The molecule has 144 valence electrons. The van der Waals surface area contributed by atoms with Crippen LogP contribution in [0.1, 0.15) is 48.2 Å². The van der Waals surface area contributed by atoms with Gasteiger partial charge in [0.25, 0.3) is 5.91 Å². The zero-order chi connectivity index (χ0) is 19.3. The average molecular weight is 370 g/mol. The van der Waals surface area contributed by atoms with Crippen molar-refractivity contribution in [3.05, 3.63) is 34.9 Å². The maximum Gasteiger partial charge on any atom is 0.255 e. The van der Waals surface area contributed by atoms with Gasteiger partial charge in [-0.05, 0) is 29.0 Å². The van der Waals surface area contributed by atoms with Gasteiger partial charge in [-0.25, -0.2) is 0 Å². The summed E-state index contributed by atoms with van der Waals surface area (Å²) < 4.78 is 0.